The van der Waals surface area contributed by atoms with E-state index in [1.54, 1.807) is 38.1 Å². The van der Waals surface area contributed by atoms with Crippen LogP contribution in [0.2, 0.25) is 0 Å². The Labute approximate surface area is 142 Å². The van der Waals surface area contributed by atoms with E-state index in [1.165, 1.54) is 23.5 Å². The van der Waals surface area contributed by atoms with Crippen molar-refractivity contribution in [3.63, 3.8) is 0 Å². The molecule has 0 atom stereocenters. The molecule has 2 N–H and O–H groups in total. The Hall–Kier alpha value is -2.38. The molecule has 0 saturated carbocycles. The van der Waals surface area contributed by atoms with E-state index in [4.69, 9.17) is 0 Å². The van der Waals surface area contributed by atoms with Crippen LogP contribution in [-0.4, -0.2) is 31.7 Å². The number of para-hydroxylation sites is 1. The van der Waals surface area contributed by atoms with Gasteiger partial charge in [-0.3, -0.25) is 15.6 Å². The molecule has 1 amide bonds. The molecule has 0 unspecified atom stereocenters. The fraction of sp³-hybridized carbons (Fsp3) is 0.235. The first kappa shape index (κ1) is 18.0. The first-order chi connectivity index (χ1) is 11.3. The van der Waals surface area contributed by atoms with Crippen molar-refractivity contribution in [1.82, 2.24) is 9.73 Å². The predicted molar refractivity (Wildman–Crippen MR) is 94.1 cm³/mol. The zero-order valence-corrected chi connectivity index (χ0v) is 14.7. The summed E-state index contributed by atoms with van der Waals surface area (Å²) in [6, 6.07) is 14.9. The number of anilines is 1. The SMILES string of the molecule is CC(C)N(C)S(=O)(=O)c1cccc(C(=O)NNc2ccccc2)c1. The Morgan fingerprint density at radius 3 is 2.33 bits per heavy atom. The summed E-state index contributed by atoms with van der Waals surface area (Å²) in [5.41, 5.74) is 6.32. The standard InChI is InChI=1S/C17H21N3O3S/c1-13(2)20(3)24(22,23)16-11-7-8-14(12-16)17(21)19-18-15-9-5-4-6-10-15/h4-13,18H,1-3H3,(H,19,21). The molecule has 0 bridgehead atoms. The van der Waals surface area contributed by atoms with Gasteiger partial charge in [-0.1, -0.05) is 24.3 Å². The maximum Gasteiger partial charge on any atom is 0.269 e. The lowest BCUT2D eigenvalue weighted by Gasteiger charge is -2.21. The molecule has 0 spiro atoms. The van der Waals surface area contributed by atoms with E-state index in [-0.39, 0.29) is 16.5 Å². The minimum Gasteiger partial charge on any atom is -0.298 e. The van der Waals surface area contributed by atoms with Gasteiger partial charge < -0.3 is 0 Å². The summed E-state index contributed by atoms with van der Waals surface area (Å²) in [6.07, 6.45) is 0. The van der Waals surface area contributed by atoms with E-state index in [0.717, 1.165) is 5.69 Å². The highest BCUT2D eigenvalue weighted by Crippen LogP contribution is 2.18. The molecule has 0 aliphatic carbocycles. The summed E-state index contributed by atoms with van der Waals surface area (Å²) < 4.78 is 26.3. The summed E-state index contributed by atoms with van der Waals surface area (Å²) in [5, 5.41) is 0. The molecule has 0 aliphatic rings. The number of sulfonamides is 1. The summed E-state index contributed by atoms with van der Waals surface area (Å²) in [5.74, 6) is -0.414. The summed E-state index contributed by atoms with van der Waals surface area (Å²) in [6.45, 7) is 3.58. The molecule has 128 valence electrons. The number of nitrogens with zero attached hydrogens (tertiary/aromatic N) is 1. The fourth-order valence-electron chi connectivity index (χ4n) is 1.96. The van der Waals surface area contributed by atoms with Crippen molar-refractivity contribution in [3.05, 3.63) is 60.2 Å². The lowest BCUT2D eigenvalue weighted by Crippen LogP contribution is -2.33. The Morgan fingerprint density at radius 1 is 1.04 bits per heavy atom. The summed E-state index contributed by atoms with van der Waals surface area (Å²) >= 11 is 0. The van der Waals surface area contributed by atoms with Gasteiger partial charge in [0.05, 0.1) is 10.6 Å². The summed E-state index contributed by atoms with van der Waals surface area (Å²) in [4.78, 5) is 12.3. The van der Waals surface area contributed by atoms with Gasteiger partial charge in [-0.2, -0.15) is 4.31 Å². The average Bonchev–Trinajstić information content (AvgIpc) is 2.59. The Balaban J connectivity index is 2.16. The van der Waals surface area contributed by atoms with Gasteiger partial charge in [-0.05, 0) is 44.2 Å². The fourth-order valence-corrected chi connectivity index (χ4v) is 3.38. The normalized spacial score (nSPS) is 11.5. The molecule has 6 nitrogen and oxygen atoms in total. The number of hydrazine groups is 1. The molecule has 0 aromatic heterocycles. The maximum atomic E-state index is 12.5. The molecule has 7 heteroatoms. The molecule has 0 radical (unpaired) electrons. The molecule has 24 heavy (non-hydrogen) atoms. The van der Waals surface area contributed by atoms with Crippen LogP contribution in [0.15, 0.2) is 59.5 Å². The van der Waals surface area contributed by atoms with Gasteiger partial charge in [0.15, 0.2) is 0 Å². The number of carbonyl (C=O) groups is 1. The third kappa shape index (κ3) is 4.12. The Bertz CT molecular complexity index is 805. The van der Waals surface area contributed by atoms with Crippen LogP contribution in [0.5, 0.6) is 0 Å². The van der Waals surface area contributed by atoms with E-state index >= 15 is 0 Å². The van der Waals surface area contributed by atoms with Crippen LogP contribution in [-0.2, 0) is 10.0 Å². The number of benzene rings is 2. The molecular formula is C17H21N3O3S. The number of carbonyl (C=O) groups excluding carboxylic acids is 1. The molecule has 2 aromatic rings. The van der Waals surface area contributed by atoms with Crippen molar-refractivity contribution in [2.75, 3.05) is 12.5 Å². The van der Waals surface area contributed by atoms with Crippen LogP contribution in [0, 0.1) is 0 Å². The average molecular weight is 347 g/mol. The van der Waals surface area contributed by atoms with Crippen molar-refractivity contribution in [2.45, 2.75) is 24.8 Å². The van der Waals surface area contributed by atoms with Crippen LogP contribution in [0.1, 0.15) is 24.2 Å². The maximum absolute atomic E-state index is 12.5. The number of hydrogen-bond acceptors (Lipinski definition) is 4. The molecule has 0 aliphatic heterocycles. The van der Waals surface area contributed by atoms with Crippen LogP contribution < -0.4 is 10.9 Å². The summed E-state index contributed by atoms with van der Waals surface area (Å²) in [7, 11) is -2.11. The minimum absolute atomic E-state index is 0.0889. The van der Waals surface area contributed by atoms with Crippen molar-refractivity contribution in [3.8, 4) is 0 Å². The Morgan fingerprint density at radius 2 is 1.71 bits per heavy atom. The van der Waals surface area contributed by atoms with Crippen molar-refractivity contribution in [1.29, 1.82) is 0 Å². The lowest BCUT2D eigenvalue weighted by atomic mass is 10.2. The predicted octanol–water partition coefficient (Wildman–Crippen LogP) is 2.47. The van der Waals surface area contributed by atoms with Crippen LogP contribution in [0.4, 0.5) is 5.69 Å². The zero-order chi connectivity index (χ0) is 17.7. The smallest absolute Gasteiger partial charge is 0.269 e. The quantitative estimate of drug-likeness (QED) is 0.787. The van der Waals surface area contributed by atoms with Crippen LogP contribution >= 0.6 is 0 Å². The lowest BCUT2D eigenvalue weighted by molar-refractivity contribution is 0.0962. The van der Waals surface area contributed by atoms with E-state index in [0.29, 0.717) is 0 Å². The second-order valence-electron chi connectivity index (χ2n) is 5.59. The van der Waals surface area contributed by atoms with E-state index in [9.17, 15) is 13.2 Å². The van der Waals surface area contributed by atoms with Crippen LogP contribution in [0.3, 0.4) is 0 Å². The van der Waals surface area contributed by atoms with Crippen LogP contribution in [0.25, 0.3) is 0 Å². The van der Waals surface area contributed by atoms with Gasteiger partial charge in [0.25, 0.3) is 5.91 Å². The van der Waals surface area contributed by atoms with E-state index in [1.807, 2.05) is 18.2 Å². The Kier molecular flexibility index (Phi) is 5.58. The largest absolute Gasteiger partial charge is 0.298 e. The third-order valence-corrected chi connectivity index (χ3v) is 5.62. The van der Waals surface area contributed by atoms with Gasteiger partial charge in [0.2, 0.25) is 10.0 Å². The second kappa shape index (κ2) is 7.46. The van der Waals surface area contributed by atoms with E-state index in [2.05, 4.69) is 10.9 Å². The van der Waals surface area contributed by atoms with E-state index < -0.39 is 15.9 Å². The third-order valence-electron chi connectivity index (χ3n) is 3.59. The number of rotatable bonds is 6. The highest BCUT2D eigenvalue weighted by molar-refractivity contribution is 7.89. The first-order valence-electron chi connectivity index (χ1n) is 7.52. The monoisotopic (exact) mass is 347 g/mol. The van der Waals surface area contributed by atoms with Gasteiger partial charge in [-0.15, -0.1) is 0 Å². The molecule has 0 fully saturated rings. The highest BCUT2D eigenvalue weighted by atomic mass is 32.2. The topological polar surface area (TPSA) is 78.5 Å². The van der Waals surface area contributed by atoms with Crippen molar-refractivity contribution < 1.29 is 13.2 Å². The number of hydrogen-bond donors (Lipinski definition) is 2. The molecule has 0 heterocycles. The molecule has 2 rings (SSSR count). The minimum atomic E-state index is -3.63. The molecule has 0 saturated heterocycles. The number of amides is 1. The van der Waals surface area contributed by atoms with Gasteiger partial charge in [-0.25, -0.2) is 8.42 Å². The highest BCUT2D eigenvalue weighted by Gasteiger charge is 2.23. The molecule has 2 aromatic carbocycles. The first-order valence-corrected chi connectivity index (χ1v) is 8.96. The van der Waals surface area contributed by atoms with Gasteiger partial charge in [0, 0.05) is 18.7 Å². The second-order valence-corrected chi connectivity index (χ2v) is 7.59. The zero-order valence-electron chi connectivity index (χ0n) is 13.9. The van der Waals surface area contributed by atoms with Gasteiger partial charge in [0.1, 0.15) is 0 Å². The molecular weight excluding hydrogens is 326 g/mol. The van der Waals surface area contributed by atoms with Crippen molar-refractivity contribution in [2.24, 2.45) is 0 Å². The van der Waals surface area contributed by atoms with Gasteiger partial charge >= 0.3 is 0 Å². The van der Waals surface area contributed by atoms with Crippen molar-refractivity contribution >= 4 is 21.6 Å². The number of nitrogens with one attached hydrogen (secondary N) is 2.